The number of hydrogen-bond acceptors (Lipinski definition) is 3. The highest BCUT2D eigenvalue weighted by atomic mass is 16.5. The first-order valence-electron chi connectivity index (χ1n) is 8.46. The highest BCUT2D eigenvalue weighted by molar-refractivity contribution is 6.04. The number of carbonyl (C=O) groups is 2. The topological polar surface area (TPSA) is 58.6 Å². The van der Waals surface area contributed by atoms with Crippen LogP contribution in [0.25, 0.3) is 0 Å². The molecule has 1 unspecified atom stereocenters. The molecule has 1 N–H and O–H groups in total. The predicted octanol–water partition coefficient (Wildman–Crippen LogP) is 3.14. The first-order chi connectivity index (χ1) is 12.2. The molecule has 0 saturated carbocycles. The van der Waals surface area contributed by atoms with Gasteiger partial charge in [-0.15, -0.1) is 0 Å². The van der Waals surface area contributed by atoms with E-state index in [1.165, 1.54) is 10.5 Å². The number of benzene rings is 2. The lowest BCUT2D eigenvalue weighted by Gasteiger charge is -2.13. The zero-order chi connectivity index (χ0) is 17.6. The number of methoxy groups -OCH3 is 1. The van der Waals surface area contributed by atoms with Gasteiger partial charge in [0.05, 0.1) is 13.7 Å². The molecule has 2 aromatic rings. The van der Waals surface area contributed by atoms with Crippen LogP contribution in [0.3, 0.4) is 0 Å². The summed E-state index contributed by atoms with van der Waals surface area (Å²) in [6, 6.07) is 16.7. The summed E-state index contributed by atoms with van der Waals surface area (Å²) in [6.07, 6.45) is 2.34. The minimum absolute atomic E-state index is 0.136. The van der Waals surface area contributed by atoms with Gasteiger partial charge in [-0.05, 0) is 42.5 Å². The van der Waals surface area contributed by atoms with E-state index in [1.54, 1.807) is 7.11 Å². The lowest BCUT2D eigenvalue weighted by Crippen LogP contribution is -2.31. The maximum Gasteiger partial charge on any atom is 0.325 e. The Hall–Kier alpha value is -2.82. The minimum atomic E-state index is -0.422. The Kier molecular flexibility index (Phi) is 5.33. The zero-order valence-corrected chi connectivity index (χ0v) is 14.3. The number of aryl methyl sites for hydroxylation is 1. The van der Waals surface area contributed by atoms with Crippen molar-refractivity contribution in [3.8, 4) is 5.75 Å². The summed E-state index contributed by atoms with van der Waals surface area (Å²) in [5.74, 6) is 0.696. The number of imide groups is 1. The molecule has 0 radical (unpaired) electrons. The number of nitrogens with zero attached hydrogens (tertiary/aromatic N) is 1. The van der Waals surface area contributed by atoms with Gasteiger partial charge in [0.1, 0.15) is 11.8 Å². The summed E-state index contributed by atoms with van der Waals surface area (Å²) in [7, 11) is 1.64. The fourth-order valence-electron chi connectivity index (χ4n) is 2.99. The molecule has 5 nitrogen and oxygen atoms in total. The SMILES string of the molecule is COc1ccc(CCCC2NC(=O)N(Cc3ccccc3)C2=O)cc1. The van der Waals surface area contributed by atoms with Crippen LogP contribution in [0.1, 0.15) is 24.0 Å². The van der Waals surface area contributed by atoms with E-state index < -0.39 is 6.04 Å². The lowest BCUT2D eigenvalue weighted by atomic mass is 10.0. The molecular formula is C20H22N2O3. The van der Waals surface area contributed by atoms with Crippen molar-refractivity contribution >= 4 is 11.9 Å². The number of nitrogens with one attached hydrogen (secondary N) is 1. The second-order valence-corrected chi connectivity index (χ2v) is 6.15. The Labute approximate surface area is 147 Å². The number of ether oxygens (including phenoxy) is 1. The van der Waals surface area contributed by atoms with Crippen LogP contribution in [-0.4, -0.2) is 30.0 Å². The van der Waals surface area contributed by atoms with Crippen molar-refractivity contribution in [3.63, 3.8) is 0 Å². The summed E-state index contributed by atoms with van der Waals surface area (Å²) in [6.45, 7) is 0.320. The van der Waals surface area contributed by atoms with Crippen molar-refractivity contribution in [2.75, 3.05) is 7.11 Å². The monoisotopic (exact) mass is 338 g/mol. The van der Waals surface area contributed by atoms with E-state index in [9.17, 15) is 9.59 Å². The van der Waals surface area contributed by atoms with Gasteiger partial charge < -0.3 is 10.1 Å². The van der Waals surface area contributed by atoms with Crippen LogP contribution in [0.5, 0.6) is 5.75 Å². The minimum Gasteiger partial charge on any atom is -0.497 e. The Morgan fingerprint density at radius 3 is 2.40 bits per heavy atom. The highest BCUT2D eigenvalue weighted by Gasteiger charge is 2.37. The van der Waals surface area contributed by atoms with Gasteiger partial charge in [-0.25, -0.2) is 4.79 Å². The van der Waals surface area contributed by atoms with Crippen LogP contribution in [0.2, 0.25) is 0 Å². The number of urea groups is 1. The normalized spacial score (nSPS) is 16.8. The molecule has 1 saturated heterocycles. The molecule has 3 rings (SSSR count). The first-order valence-corrected chi connectivity index (χ1v) is 8.46. The molecule has 0 aliphatic carbocycles. The Balaban J connectivity index is 1.51. The molecule has 1 atom stereocenters. The van der Waals surface area contributed by atoms with Gasteiger partial charge in [-0.1, -0.05) is 42.5 Å². The fourth-order valence-corrected chi connectivity index (χ4v) is 2.99. The largest absolute Gasteiger partial charge is 0.497 e. The third kappa shape index (κ3) is 4.18. The smallest absolute Gasteiger partial charge is 0.325 e. The highest BCUT2D eigenvalue weighted by Crippen LogP contribution is 2.17. The van der Waals surface area contributed by atoms with Crippen LogP contribution < -0.4 is 10.1 Å². The molecule has 1 fully saturated rings. The van der Waals surface area contributed by atoms with Gasteiger partial charge >= 0.3 is 6.03 Å². The molecule has 25 heavy (non-hydrogen) atoms. The summed E-state index contributed by atoms with van der Waals surface area (Å²) >= 11 is 0. The average molecular weight is 338 g/mol. The second-order valence-electron chi connectivity index (χ2n) is 6.15. The molecule has 0 aromatic heterocycles. The standard InChI is InChI=1S/C20H22N2O3/c1-25-17-12-10-15(11-13-17)8-5-9-18-19(23)22(20(24)21-18)14-16-6-3-2-4-7-16/h2-4,6-7,10-13,18H,5,8-9,14H2,1H3,(H,21,24). The molecule has 0 bridgehead atoms. The molecular weight excluding hydrogens is 316 g/mol. The van der Waals surface area contributed by atoms with Gasteiger partial charge in [0.25, 0.3) is 5.91 Å². The molecule has 1 aliphatic heterocycles. The molecule has 3 amide bonds. The van der Waals surface area contributed by atoms with Gasteiger partial charge in [0.2, 0.25) is 0 Å². The summed E-state index contributed by atoms with van der Waals surface area (Å²) < 4.78 is 5.14. The third-order valence-electron chi connectivity index (χ3n) is 4.41. The van der Waals surface area contributed by atoms with Crippen molar-refractivity contribution in [2.24, 2.45) is 0 Å². The van der Waals surface area contributed by atoms with Crippen LogP contribution in [0, 0.1) is 0 Å². The van der Waals surface area contributed by atoms with Crippen LogP contribution >= 0.6 is 0 Å². The second kappa shape index (κ2) is 7.83. The number of amides is 3. The van der Waals surface area contributed by atoms with Crippen LogP contribution in [0.15, 0.2) is 54.6 Å². The third-order valence-corrected chi connectivity index (χ3v) is 4.41. The zero-order valence-electron chi connectivity index (χ0n) is 14.3. The summed E-state index contributed by atoms with van der Waals surface area (Å²) in [5, 5.41) is 2.80. The maximum absolute atomic E-state index is 12.5. The Morgan fingerprint density at radius 1 is 1.00 bits per heavy atom. The molecule has 0 spiro atoms. The number of rotatable bonds is 7. The van der Waals surface area contributed by atoms with E-state index in [-0.39, 0.29) is 11.9 Å². The van der Waals surface area contributed by atoms with Crippen molar-refractivity contribution < 1.29 is 14.3 Å². The molecule has 1 heterocycles. The van der Waals surface area contributed by atoms with Crippen molar-refractivity contribution in [3.05, 3.63) is 65.7 Å². The van der Waals surface area contributed by atoms with Gasteiger partial charge in [0.15, 0.2) is 0 Å². The van der Waals surface area contributed by atoms with E-state index in [4.69, 9.17) is 4.74 Å². The van der Waals surface area contributed by atoms with Gasteiger partial charge in [0, 0.05) is 0 Å². The van der Waals surface area contributed by atoms with E-state index in [1.807, 2.05) is 54.6 Å². The van der Waals surface area contributed by atoms with Gasteiger partial charge in [-0.2, -0.15) is 0 Å². The molecule has 5 heteroatoms. The predicted molar refractivity (Wildman–Crippen MR) is 95.2 cm³/mol. The van der Waals surface area contributed by atoms with Crippen molar-refractivity contribution in [2.45, 2.75) is 31.8 Å². The summed E-state index contributed by atoms with van der Waals surface area (Å²) in [5.41, 5.74) is 2.14. The first kappa shape index (κ1) is 17.0. The van der Waals surface area contributed by atoms with Crippen molar-refractivity contribution in [1.82, 2.24) is 10.2 Å². The van der Waals surface area contributed by atoms with Crippen molar-refractivity contribution in [1.29, 1.82) is 0 Å². The van der Waals surface area contributed by atoms with E-state index >= 15 is 0 Å². The van der Waals surface area contributed by atoms with Crippen LogP contribution in [0.4, 0.5) is 4.79 Å². The lowest BCUT2D eigenvalue weighted by molar-refractivity contribution is -0.128. The maximum atomic E-state index is 12.5. The van der Waals surface area contributed by atoms with Crippen LogP contribution in [-0.2, 0) is 17.8 Å². The molecule has 1 aliphatic rings. The summed E-state index contributed by atoms with van der Waals surface area (Å²) in [4.78, 5) is 25.9. The van der Waals surface area contributed by atoms with E-state index in [0.29, 0.717) is 13.0 Å². The molecule has 130 valence electrons. The van der Waals surface area contributed by atoms with E-state index in [2.05, 4.69) is 5.32 Å². The quantitative estimate of drug-likeness (QED) is 0.789. The number of carbonyl (C=O) groups excluding carboxylic acids is 2. The Morgan fingerprint density at radius 2 is 1.72 bits per heavy atom. The van der Waals surface area contributed by atoms with Gasteiger partial charge in [-0.3, -0.25) is 9.69 Å². The average Bonchev–Trinajstić information content (AvgIpc) is 2.91. The Bertz CT molecular complexity index is 728. The van der Waals surface area contributed by atoms with E-state index in [0.717, 1.165) is 24.2 Å². The number of hydrogen-bond donors (Lipinski definition) is 1. The fraction of sp³-hybridized carbons (Fsp3) is 0.300. The molecule has 2 aromatic carbocycles.